The molecule has 0 unspecified atom stereocenters. The molecular formula is C20H27N5O2S. The summed E-state index contributed by atoms with van der Waals surface area (Å²) in [5.41, 5.74) is 7.38. The summed E-state index contributed by atoms with van der Waals surface area (Å²) < 4.78 is 0. The van der Waals surface area contributed by atoms with E-state index in [1.54, 1.807) is 13.1 Å². The van der Waals surface area contributed by atoms with Gasteiger partial charge in [-0.2, -0.15) is 0 Å². The van der Waals surface area contributed by atoms with Crippen molar-refractivity contribution in [3.05, 3.63) is 29.7 Å². The number of anilines is 1. The van der Waals surface area contributed by atoms with E-state index in [4.69, 9.17) is 5.73 Å². The number of nitrogens with two attached hydrogens (primary N) is 1. The summed E-state index contributed by atoms with van der Waals surface area (Å²) in [6.45, 7) is 10.5. The van der Waals surface area contributed by atoms with E-state index in [1.165, 1.54) is 16.2 Å². The van der Waals surface area contributed by atoms with Crippen LogP contribution in [0.2, 0.25) is 0 Å². The maximum Gasteiger partial charge on any atom is 0.324 e. The second-order valence-electron chi connectivity index (χ2n) is 8.44. The van der Waals surface area contributed by atoms with Crippen LogP contribution in [0.1, 0.15) is 51.9 Å². The highest BCUT2D eigenvalue weighted by Gasteiger charge is 2.44. The second kappa shape index (κ2) is 7.16. The number of thiazole rings is 1. The molecule has 0 radical (unpaired) electrons. The average molecular weight is 402 g/mol. The SMILES string of the molecule is Cc1nc(NC(=O)N2CCC[C@@]2(C)C(N)=O)sc1-c1ccnc(C(C)(C)C)c1. The first-order valence-electron chi connectivity index (χ1n) is 9.35. The van der Waals surface area contributed by atoms with Gasteiger partial charge in [-0.15, -0.1) is 0 Å². The van der Waals surface area contributed by atoms with Crippen LogP contribution >= 0.6 is 11.3 Å². The molecule has 7 nitrogen and oxygen atoms in total. The zero-order valence-electron chi connectivity index (χ0n) is 17.0. The van der Waals surface area contributed by atoms with E-state index in [1.807, 2.05) is 13.0 Å². The number of likely N-dealkylation sites (tertiary alicyclic amines) is 1. The lowest BCUT2D eigenvalue weighted by Crippen LogP contribution is -2.55. The van der Waals surface area contributed by atoms with Crippen LogP contribution < -0.4 is 11.1 Å². The fraction of sp³-hybridized carbons (Fsp3) is 0.500. The van der Waals surface area contributed by atoms with Crippen molar-refractivity contribution in [1.29, 1.82) is 0 Å². The summed E-state index contributed by atoms with van der Waals surface area (Å²) in [7, 11) is 0. The first-order chi connectivity index (χ1) is 13.0. The predicted octanol–water partition coefficient (Wildman–Crippen LogP) is 3.68. The minimum atomic E-state index is -0.952. The number of rotatable bonds is 3. The van der Waals surface area contributed by atoms with E-state index >= 15 is 0 Å². The highest BCUT2D eigenvalue weighted by Crippen LogP contribution is 2.35. The van der Waals surface area contributed by atoms with Gasteiger partial charge in [-0.25, -0.2) is 9.78 Å². The zero-order valence-corrected chi connectivity index (χ0v) is 17.8. The van der Waals surface area contributed by atoms with Crippen LogP contribution in [0.15, 0.2) is 18.3 Å². The molecule has 0 saturated carbocycles. The van der Waals surface area contributed by atoms with E-state index in [0.29, 0.717) is 18.1 Å². The fourth-order valence-corrected chi connectivity index (χ4v) is 4.36. The predicted molar refractivity (Wildman–Crippen MR) is 111 cm³/mol. The average Bonchev–Trinajstić information content (AvgIpc) is 3.18. The Morgan fingerprint density at radius 1 is 1.36 bits per heavy atom. The van der Waals surface area contributed by atoms with Crippen molar-refractivity contribution in [3.8, 4) is 10.4 Å². The third-order valence-electron chi connectivity index (χ3n) is 5.22. The Balaban J connectivity index is 1.84. The lowest BCUT2D eigenvalue weighted by atomic mass is 9.90. The zero-order chi connectivity index (χ0) is 20.7. The number of aromatic nitrogens is 2. The Hall–Kier alpha value is -2.48. The molecule has 0 spiro atoms. The first-order valence-corrected chi connectivity index (χ1v) is 10.2. The molecule has 2 aromatic heterocycles. The fourth-order valence-electron chi connectivity index (χ4n) is 3.40. The summed E-state index contributed by atoms with van der Waals surface area (Å²) in [5.74, 6) is -0.484. The molecule has 1 saturated heterocycles. The number of nitrogens with one attached hydrogen (secondary N) is 1. The van der Waals surface area contributed by atoms with Crippen molar-refractivity contribution >= 4 is 28.4 Å². The number of carbonyl (C=O) groups excluding carboxylic acids is 2. The van der Waals surface area contributed by atoms with E-state index in [2.05, 4.69) is 42.1 Å². The van der Waals surface area contributed by atoms with Gasteiger partial charge in [0.25, 0.3) is 0 Å². The third-order valence-corrected chi connectivity index (χ3v) is 6.34. The van der Waals surface area contributed by atoms with Gasteiger partial charge in [0.05, 0.1) is 10.6 Å². The molecule has 0 aromatic carbocycles. The van der Waals surface area contributed by atoms with E-state index in [-0.39, 0.29) is 11.4 Å². The van der Waals surface area contributed by atoms with Gasteiger partial charge < -0.3 is 10.6 Å². The Labute approximate surface area is 169 Å². The highest BCUT2D eigenvalue weighted by molar-refractivity contribution is 7.19. The lowest BCUT2D eigenvalue weighted by molar-refractivity contribution is -0.126. The van der Waals surface area contributed by atoms with Crippen LogP contribution in [0.5, 0.6) is 0 Å². The van der Waals surface area contributed by atoms with Gasteiger partial charge in [-0.05, 0) is 44.4 Å². The van der Waals surface area contributed by atoms with Crippen molar-refractivity contribution < 1.29 is 9.59 Å². The van der Waals surface area contributed by atoms with Gasteiger partial charge in [0.2, 0.25) is 5.91 Å². The van der Waals surface area contributed by atoms with Gasteiger partial charge in [-0.1, -0.05) is 32.1 Å². The van der Waals surface area contributed by atoms with Crippen LogP contribution in [0.25, 0.3) is 10.4 Å². The lowest BCUT2D eigenvalue weighted by Gasteiger charge is -2.31. The largest absolute Gasteiger partial charge is 0.368 e. The van der Waals surface area contributed by atoms with E-state index in [0.717, 1.165) is 28.2 Å². The van der Waals surface area contributed by atoms with Gasteiger partial charge in [0.1, 0.15) is 5.54 Å². The van der Waals surface area contributed by atoms with Gasteiger partial charge >= 0.3 is 6.03 Å². The third kappa shape index (κ3) is 3.73. The monoisotopic (exact) mass is 401 g/mol. The molecule has 3 heterocycles. The van der Waals surface area contributed by atoms with Gasteiger partial charge in [0.15, 0.2) is 5.13 Å². The van der Waals surface area contributed by atoms with Gasteiger partial charge in [0, 0.05) is 23.9 Å². The van der Waals surface area contributed by atoms with Crippen molar-refractivity contribution in [2.45, 2.75) is 58.4 Å². The summed E-state index contributed by atoms with van der Waals surface area (Å²) in [6.07, 6.45) is 3.13. The van der Waals surface area contributed by atoms with Crippen LogP contribution in [0.3, 0.4) is 0 Å². The molecule has 2 aromatic rings. The Morgan fingerprint density at radius 3 is 2.71 bits per heavy atom. The summed E-state index contributed by atoms with van der Waals surface area (Å²) >= 11 is 1.41. The van der Waals surface area contributed by atoms with Crippen LogP contribution in [-0.2, 0) is 10.2 Å². The summed E-state index contributed by atoms with van der Waals surface area (Å²) in [4.78, 5) is 36.0. The molecule has 1 fully saturated rings. The number of carbonyl (C=O) groups is 2. The molecule has 8 heteroatoms. The minimum Gasteiger partial charge on any atom is -0.368 e. The molecule has 1 aliphatic heterocycles. The smallest absolute Gasteiger partial charge is 0.324 e. The van der Waals surface area contributed by atoms with E-state index < -0.39 is 11.4 Å². The molecule has 3 rings (SSSR count). The molecule has 150 valence electrons. The number of primary amides is 1. The molecule has 3 amide bonds. The standard InChI is InChI=1S/C20H27N5O2S/c1-12-15(13-7-9-22-14(11-13)19(2,3)4)28-17(23-12)24-18(27)25-10-6-8-20(25,5)16(21)26/h7,9,11H,6,8,10H2,1-5H3,(H2,21,26)(H,23,24,27)/t20-/m0/s1. The second-order valence-corrected chi connectivity index (χ2v) is 9.44. The maximum atomic E-state index is 12.7. The number of aryl methyl sites for hydroxylation is 1. The van der Waals surface area contributed by atoms with Crippen molar-refractivity contribution in [3.63, 3.8) is 0 Å². The first kappa shape index (κ1) is 20.3. The number of amides is 3. The number of urea groups is 1. The Morgan fingerprint density at radius 2 is 2.07 bits per heavy atom. The minimum absolute atomic E-state index is 0.0549. The van der Waals surface area contributed by atoms with Crippen LogP contribution in [0, 0.1) is 6.92 Å². The number of pyridine rings is 1. The molecule has 0 aliphatic carbocycles. The van der Waals surface area contributed by atoms with Crippen molar-refractivity contribution in [2.75, 3.05) is 11.9 Å². The van der Waals surface area contributed by atoms with E-state index in [9.17, 15) is 9.59 Å². The highest BCUT2D eigenvalue weighted by atomic mass is 32.1. The Bertz CT molecular complexity index is 918. The number of nitrogens with zero attached hydrogens (tertiary/aromatic N) is 3. The molecule has 28 heavy (non-hydrogen) atoms. The number of hydrogen-bond donors (Lipinski definition) is 2. The molecule has 0 bridgehead atoms. The van der Waals surface area contributed by atoms with Crippen LogP contribution in [0.4, 0.5) is 9.93 Å². The van der Waals surface area contributed by atoms with Crippen LogP contribution in [-0.4, -0.2) is 38.9 Å². The molecule has 1 aliphatic rings. The Kier molecular flexibility index (Phi) is 5.18. The normalized spacial score (nSPS) is 19.7. The van der Waals surface area contributed by atoms with Crippen molar-refractivity contribution in [2.24, 2.45) is 5.73 Å². The topological polar surface area (TPSA) is 101 Å². The summed E-state index contributed by atoms with van der Waals surface area (Å²) in [6, 6.07) is 3.67. The molecule has 3 N–H and O–H groups in total. The quantitative estimate of drug-likeness (QED) is 0.819. The maximum absolute atomic E-state index is 12.7. The van der Waals surface area contributed by atoms with Crippen molar-refractivity contribution in [1.82, 2.24) is 14.9 Å². The summed E-state index contributed by atoms with van der Waals surface area (Å²) in [5, 5.41) is 3.35. The number of hydrogen-bond acceptors (Lipinski definition) is 5. The van der Waals surface area contributed by atoms with Gasteiger partial charge in [-0.3, -0.25) is 15.1 Å². The molecule has 1 atom stereocenters. The molecular weight excluding hydrogens is 374 g/mol.